The summed E-state index contributed by atoms with van der Waals surface area (Å²) in [6, 6.07) is 16.2. The average Bonchev–Trinajstić information content (AvgIpc) is 2.97. The zero-order valence-electron chi connectivity index (χ0n) is 24.4. The van der Waals surface area contributed by atoms with Crippen LogP contribution in [0.1, 0.15) is 43.7 Å². The third-order valence-electron chi connectivity index (χ3n) is 7.27. The molecule has 1 aliphatic rings. The number of anilines is 1. The molecule has 0 bridgehead atoms. The smallest absolute Gasteiger partial charge is 0.322 e. The van der Waals surface area contributed by atoms with Crippen LogP contribution in [0.3, 0.4) is 0 Å². The van der Waals surface area contributed by atoms with Crippen molar-refractivity contribution in [3.05, 3.63) is 112 Å². The number of nitrogens with one attached hydrogen (secondary N) is 3. The van der Waals surface area contributed by atoms with Crippen molar-refractivity contribution < 1.29 is 18.0 Å². The lowest BCUT2D eigenvalue weighted by molar-refractivity contribution is -0.138. The molecule has 1 amide bonds. The number of nitrogens with zero attached hydrogens (tertiary/aromatic N) is 2. The number of hydrogen-bond donors (Lipinski definition) is 3. The molecule has 1 heterocycles. The van der Waals surface area contributed by atoms with Gasteiger partial charge in [0.25, 0.3) is 5.91 Å². The number of halogens is 3. The molecule has 0 saturated carbocycles. The maximum atomic E-state index is 14.0. The Kier molecular flexibility index (Phi) is 9.96. The molecule has 1 fully saturated rings. The lowest BCUT2D eigenvalue weighted by Gasteiger charge is -2.33. The van der Waals surface area contributed by atoms with Crippen LogP contribution in [0.15, 0.2) is 72.8 Å². The van der Waals surface area contributed by atoms with E-state index >= 15 is 0 Å². The topological polar surface area (TPSA) is 83.3 Å². The van der Waals surface area contributed by atoms with Crippen LogP contribution in [0.2, 0.25) is 0 Å². The van der Waals surface area contributed by atoms with E-state index in [1.807, 2.05) is 50.1 Å². The normalized spacial score (nSPS) is 14.3. The summed E-state index contributed by atoms with van der Waals surface area (Å²) in [5.74, 6) is 5.05. The van der Waals surface area contributed by atoms with E-state index in [2.05, 4.69) is 22.1 Å². The summed E-state index contributed by atoms with van der Waals surface area (Å²) < 4.78 is 41.9. The minimum absolute atomic E-state index is 0.0116. The van der Waals surface area contributed by atoms with E-state index in [9.17, 15) is 18.0 Å². The lowest BCUT2D eigenvalue weighted by atomic mass is 10.0. The molecule has 0 aliphatic carbocycles. The van der Waals surface area contributed by atoms with E-state index in [1.54, 1.807) is 18.2 Å². The molecule has 0 atom stereocenters. The second kappa shape index (κ2) is 13.6. The highest BCUT2D eigenvalue weighted by molar-refractivity contribution is 6.14. The molecule has 0 radical (unpaired) electrons. The van der Waals surface area contributed by atoms with Crippen LogP contribution >= 0.6 is 0 Å². The van der Waals surface area contributed by atoms with Crippen LogP contribution in [-0.2, 0) is 12.7 Å². The zero-order chi connectivity index (χ0) is 31.1. The summed E-state index contributed by atoms with van der Waals surface area (Å²) in [5.41, 5.74) is 3.04. The van der Waals surface area contributed by atoms with E-state index in [0.29, 0.717) is 18.7 Å². The van der Waals surface area contributed by atoms with Gasteiger partial charge in [-0.1, -0.05) is 47.9 Å². The number of carbonyl (C=O) groups is 1. The predicted molar refractivity (Wildman–Crippen MR) is 165 cm³/mol. The summed E-state index contributed by atoms with van der Waals surface area (Å²) >= 11 is 0. The molecule has 0 aromatic heterocycles. The first-order chi connectivity index (χ1) is 20.4. The van der Waals surface area contributed by atoms with Crippen molar-refractivity contribution in [2.45, 2.75) is 26.6 Å². The molecule has 6 nitrogen and oxygen atoms in total. The van der Waals surface area contributed by atoms with Crippen molar-refractivity contribution >= 4 is 23.0 Å². The van der Waals surface area contributed by atoms with Crippen LogP contribution < -0.4 is 5.32 Å². The zero-order valence-corrected chi connectivity index (χ0v) is 24.4. The Balaban J connectivity index is 1.45. The second-order valence-electron chi connectivity index (χ2n) is 10.7. The number of allylic oxidation sites excluding steroid dienone is 2. The quantitative estimate of drug-likeness (QED) is 0.224. The summed E-state index contributed by atoms with van der Waals surface area (Å²) in [6.45, 7) is 6.95. The van der Waals surface area contributed by atoms with E-state index in [-0.39, 0.29) is 34.8 Å². The molecule has 0 unspecified atom stereocenters. The lowest BCUT2D eigenvalue weighted by Crippen LogP contribution is -2.44. The van der Waals surface area contributed by atoms with Gasteiger partial charge < -0.3 is 15.6 Å². The van der Waals surface area contributed by atoms with Gasteiger partial charge in [-0.3, -0.25) is 15.1 Å². The molecule has 3 aromatic carbocycles. The molecule has 43 heavy (non-hydrogen) atoms. The van der Waals surface area contributed by atoms with E-state index in [0.717, 1.165) is 35.8 Å². The third kappa shape index (κ3) is 8.74. The summed E-state index contributed by atoms with van der Waals surface area (Å²) in [7, 11) is 1.99. The number of likely N-dealkylation sites (N-methyl/N-ethyl adjacent to an activating group) is 1. The Morgan fingerprint density at radius 1 is 0.930 bits per heavy atom. The minimum Gasteiger partial charge on any atom is -0.322 e. The second-order valence-corrected chi connectivity index (χ2v) is 10.7. The molecular weight excluding hydrogens is 551 g/mol. The number of rotatable bonds is 7. The van der Waals surface area contributed by atoms with Crippen LogP contribution in [-0.4, -0.2) is 60.4 Å². The Morgan fingerprint density at radius 2 is 1.60 bits per heavy atom. The van der Waals surface area contributed by atoms with Gasteiger partial charge in [-0.25, -0.2) is 0 Å². The molecule has 1 aliphatic heterocycles. The van der Waals surface area contributed by atoms with Crippen molar-refractivity contribution in [1.29, 1.82) is 10.8 Å². The Morgan fingerprint density at radius 3 is 2.28 bits per heavy atom. The van der Waals surface area contributed by atoms with Gasteiger partial charge in [0.2, 0.25) is 0 Å². The maximum absolute atomic E-state index is 14.0. The number of alkyl halides is 3. The predicted octanol–water partition coefficient (Wildman–Crippen LogP) is 6.32. The number of amides is 1. The summed E-state index contributed by atoms with van der Waals surface area (Å²) in [6.07, 6.45) is -1.62. The Hall–Kier alpha value is -4.52. The van der Waals surface area contributed by atoms with E-state index < -0.39 is 17.6 Å². The molecule has 3 aromatic rings. The fourth-order valence-electron chi connectivity index (χ4n) is 4.58. The van der Waals surface area contributed by atoms with Crippen LogP contribution in [0.5, 0.6) is 0 Å². The minimum atomic E-state index is -4.56. The Labute approximate surface area is 250 Å². The summed E-state index contributed by atoms with van der Waals surface area (Å²) in [4.78, 5) is 17.2. The number of carbonyl (C=O) groups excluding carboxylic acids is 1. The fourth-order valence-corrected chi connectivity index (χ4v) is 4.58. The van der Waals surface area contributed by atoms with Gasteiger partial charge in [0, 0.05) is 49.5 Å². The van der Waals surface area contributed by atoms with Gasteiger partial charge in [-0.15, -0.1) is 0 Å². The van der Waals surface area contributed by atoms with Gasteiger partial charge in [0.05, 0.1) is 11.3 Å². The first-order valence-electron chi connectivity index (χ1n) is 13.9. The van der Waals surface area contributed by atoms with Crippen LogP contribution in [0.4, 0.5) is 18.9 Å². The molecule has 222 valence electrons. The van der Waals surface area contributed by atoms with Crippen molar-refractivity contribution in [3.8, 4) is 11.8 Å². The number of benzene rings is 3. The fraction of sp³-hybridized carbons (Fsp3) is 0.265. The van der Waals surface area contributed by atoms with E-state index in [4.69, 9.17) is 10.8 Å². The maximum Gasteiger partial charge on any atom is 0.416 e. The molecule has 0 spiro atoms. The largest absolute Gasteiger partial charge is 0.416 e. The van der Waals surface area contributed by atoms with E-state index in [1.165, 1.54) is 24.3 Å². The Bertz CT molecular complexity index is 1610. The van der Waals surface area contributed by atoms with Crippen molar-refractivity contribution in [1.82, 2.24) is 9.80 Å². The van der Waals surface area contributed by atoms with Gasteiger partial charge >= 0.3 is 6.18 Å². The molecule has 4 rings (SSSR count). The summed E-state index contributed by atoms with van der Waals surface area (Å²) in [5, 5.41) is 18.9. The highest BCUT2D eigenvalue weighted by atomic mass is 19.4. The number of hydrogen-bond acceptors (Lipinski definition) is 5. The van der Waals surface area contributed by atoms with Gasteiger partial charge in [-0.2, -0.15) is 13.2 Å². The van der Waals surface area contributed by atoms with Crippen molar-refractivity contribution in [2.24, 2.45) is 0 Å². The average molecular weight is 586 g/mol. The van der Waals surface area contributed by atoms with Gasteiger partial charge in [0.1, 0.15) is 5.71 Å². The monoisotopic (exact) mass is 585 g/mol. The van der Waals surface area contributed by atoms with Crippen molar-refractivity contribution in [3.63, 3.8) is 0 Å². The highest BCUT2D eigenvalue weighted by Crippen LogP contribution is 2.34. The first kappa shape index (κ1) is 31.4. The molecule has 3 N–H and O–H groups in total. The standard InChI is InChI=1S/C34H34F3N5O/c1-23-4-7-25(8-5-23)32(39)15-13-29(38)12-10-26-20-27(9-6-24(26)2)33(43)40-30-14-11-28(31(21-30)34(35,36)37)22-42-18-16-41(3)17-19-42/h4-9,11,13-15,20-21,38-39H,16-19,22H2,1-3H3,(H,40,43)/b15-13-,38-29?,39-32?. The SMILES string of the molecule is Cc1ccc(C(=N)/C=C\C(=N)C#Cc2cc(C(=O)Nc3ccc(CN4CCN(C)CC4)c(C(F)(F)F)c3)ccc2C)cc1. The molecular formula is C34H34F3N5O. The van der Waals surface area contributed by atoms with Gasteiger partial charge in [0.15, 0.2) is 0 Å². The first-order valence-corrected chi connectivity index (χ1v) is 13.9. The van der Waals surface area contributed by atoms with Gasteiger partial charge in [-0.05, 0) is 79.9 Å². The van der Waals surface area contributed by atoms with Crippen LogP contribution in [0, 0.1) is 36.5 Å². The number of piperazine rings is 1. The molecule has 1 saturated heterocycles. The highest BCUT2D eigenvalue weighted by Gasteiger charge is 2.34. The third-order valence-corrected chi connectivity index (χ3v) is 7.27. The molecule has 9 heteroatoms. The number of aryl methyl sites for hydroxylation is 2. The van der Waals surface area contributed by atoms with Crippen molar-refractivity contribution in [2.75, 3.05) is 38.5 Å². The van der Waals surface area contributed by atoms with Crippen LogP contribution in [0.25, 0.3) is 0 Å².